The van der Waals surface area contributed by atoms with E-state index in [0.717, 1.165) is 42.5 Å². The number of rotatable bonds is 8. The first-order valence-electron chi connectivity index (χ1n) is 6.61. The lowest BCUT2D eigenvalue weighted by Gasteiger charge is -2.21. The third-order valence-electron chi connectivity index (χ3n) is 3.11. The largest absolute Gasteiger partial charge is 0.396 e. The molecular weight excluding hydrogens is 250 g/mol. The molecule has 0 saturated carbocycles. The highest BCUT2D eigenvalue weighted by molar-refractivity contribution is 6.30. The van der Waals surface area contributed by atoms with E-state index in [4.69, 9.17) is 16.7 Å². The number of nitrogens with zero attached hydrogens (tertiary/aromatic N) is 3. The fourth-order valence-corrected chi connectivity index (χ4v) is 2.26. The Hall–Kier alpha value is -0.580. The monoisotopic (exact) mass is 273 g/mol. The summed E-state index contributed by atoms with van der Waals surface area (Å²) in [7, 11) is 1.86. The molecule has 18 heavy (non-hydrogen) atoms. The van der Waals surface area contributed by atoms with Gasteiger partial charge in [-0.05, 0) is 26.3 Å². The predicted molar refractivity (Wildman–Crippen MR) is 74.8 cm³/mol. The first-order valence-corrected chi connectivity index (χ1v) is 6.99. The van der Waals surface area contributed by atoms with Crippen LogP contribution in [-0.4, -0.2) is 39.5 Å². The minimum Gasteiger partial charge on any atom is -0.396 e. The van der Waals surface area contributed by atoms with Crippen molar-refractivity contribution in [1.82, 2.24) is 14.7 Å². The highest BCUT2D eigenvalue weighted by Gasteiger charge is 2.14. The second kappa shape index (κ2) is 7.77. The molecule has 1 aromatic heterocycles. The summed E-state index contributed by atoms with van der Waals surface area (Å²) in [6.45, 7) is 7.18. The lowest BCUT2D eigenvalue weighted by atomic mass is 10.2. The Labute approximate surface area is 115 Å². The first kappa shape index (κ1) is 15.5. The second-order valence-electron chi connectivity index (χ2n) is 4.69. The molecule has 0 aromatic carbocycles. The molecule has 1 rings (SSSR count). The summed E-state index contributed by atoms with van der Waals surface area (Å²) in [6, 6.07) is 0. The Bertz CT molecular complexity index is 357. The summed E-state index contributed by atoms with van der Waals surface area (Å²) >= 11 is 6.25. The van der Waals surface area contributed by atoms with Gasteiger partial charge in [-0.15, -0.1) is 0 Å². The molecule has 0 atom stereocenters. The topological polar surface area (TPSA) is 41.3 Å². The zero-order valence-corrected chi connectivity index (χ0v) is 12.4. The number of aryl methyl sites for hydroxylation is 2. The minimum absolute atomic E-state index is 0.238. The van der Waals surface area contributed by atoms with Crippen LogP contribution >= 0.6 is 11.6 Å². The van der Waals surface area contributed by atoms with Crippen molar-refractivity contribution >= 4 is 11.6 Å². The fourth-order valence-electron chi connectivity index (χ4n) is 2.02. The van der Waals surface area contributed by atoms with Crippen molar-refractivity contribution < 1.29 is 5.11 Å². The maximum absolute atomic E-state index is 8.95. The summed E-state index contributed by atoms with van der Waals surface area (Å²) < 4.78 is 1.72. The summed E-state index contributed by atoms with van der Waals surface area (Å²) in [4.78, 5) is 2.34. The van der Waals surface area contributed by atoms with Gasteiger partial charge in [0.1, 0.15) is 5.15 Å². The van der Waals surface area contributed by atoms with Gasteiger partial charge in [0.05, 0.1) is 5.69 Å². The zero-order chi connectivity index (χ0) is 13.5. The van der Waals surface area contributed by atoms with Crippen molar-refractivity contribution in [3.05, 3.63) is 16.4 Å². The van der Waals surface area contributed by atoms with Gasteiger partial charge >= 0.3 is 0 Å². The van der Waals surface area contributed by atoms with E-state index >= 15 is 0 Å². The average Bonchev–Trinajstić information content (AvgIpc) is 2.58. The molecule has 1 aromatic rings. The van der Waals surface area contributed by atoms with E-state index in [1.54, 1.807) is 4.68 Å². The lowest BCUT2D eigenvalue weighted by molar-refractivity contribution is 0.216. The van der Waals surface area contributed by atoms with Crippen LogP contribution in [0.3, 0.4) is 0 Å². The third kappa shape index (κ3) is 4.26. The van der Waals surface area contributed by atoms with Crippen LogP contribution in [0, 0.1) is 6.92 Å². The average molecular weight is 274 g/mol. The van der Waals surface area contributed by atoms with Gasteiger partial charge in [0, 0.05) is 32.3 Å². The third-order valence-corrected chi connectivity index (χ3v) is 3.58. The molecule has 0 radical (unpaired) electrons. The number of hydrogen-bond donors (Lipinski definition) is 1. The molecule has 104 valence electrons. The van der Waals surface area contributed by atoms with Crippen LogP contribution in [0.1, 0.15) is 37.4 Å². The zero-order valence-electron chi connectivity index (χ0n) is 11.6. The van der Waals surface area contributed by atoms with Crippen LogP contribution in [-0.2, 0) is 13.6 Å². The van der Waals surface area contributed by atoms with Crippen LogP contribution < -0.4 is 0 Å². The number of aliphatic hydroxyl groups is 1. The van der Waals surface area contributed by atoms with Gasteiger partial charge in [-0.2, -0.15) is 5.10 Å². The molecule has 5 heteroatoms. The van der Waals surface area contributed by atoms with Gasteiger partial charge in [-0.3, -0.25) is 9.58 Å². The van der Waals surface area contributed by atoms with Gasteiger partial charge in [0.25, 0.3) is 0 Å². The van der Waals surface area contributed by atoms with E-state index in [9.17, 15) is 0 Å². The van der Waals surface area contributed by atoms with Crippen molar-refractivity contribution in [3.8, 4) is 0 Å². The van der Waals surface area contributed by atoms with E-state index in [1.807, 2.05) is 14.0 Å². The molecule has 0 aliphatic rings. The van der Waals surface area contributed by atoms with E-state index < -0.39 is 0 Å². The maximum Gasteiger partial charge on any atom is 0.131 e. The summed E-state index contributed by atoms with van der Waals surface area (Å²) in [5.74, 6) is 0. The van der Waals surface area contributed by atoms with Crippen molar-refractivity contribution in [1.29, 1.82) is 0 Å². The number of unbranched alkanes of at least 4 members (excludes halogenated alkanes) is 1. The fraction of sp³-hybridized carbons (Fsp3) is 0.769. The van der Waals surface area contributed by atoms with Crippen LogP contribution in [0.5, 0.6) is 0 Å². The van der Waals surface area contributed by atoms with Crippen LogP contribution in [0.4, 0.5) is 0 Å². The highest BCUT2D eigenvalue weighted by Crippen LogP contribution is 2.20. The molecule has 0 unspecified atom stereocenters. The van der Waals surface area contributed by atoms with Crippen molar-refractivity contribution in [2.75, 3.05) is 19.7 Å². The number of aromatic nitrogens is 2. The van der Waals surface area contributed by atoms with E-state index in [1.165, 1.54) is 12.8 Å². The Morgan fingerprint density at radius 1 is 1.33 bits per heavy atom. The van der Waals surface area contributed by atoms with Gasteiger partial charge in [0.2, 0.25) is 0 Å². The number of halogens is 1. The smallest absolute Gasteiger partial charge is 0.131 e. The molecule has 0 aliphatic carbocycles. The molecule has 0 saturated heterocycles. The Balaban J connectivity index is 2.68. The molecule has 1 N–H and O–H groups in total. The van der Waals surface area contributed by atoms with E-state index in [0.29, 0.717) is 0 Å². The molecule has 0 amide bonds. The van der Waals surface area contributed by atoms with Gasteiger partial charge in [-0.1, -0.05) is 24.9 Å². The summed E-state index contributed by atoms with van der Waals surface area (Å²) in [5, 5.41) is 14.0. The highest BCUT2D eigenvalue weighted by atomic mass is 35.5. The Morgan fingerprint density at radius 3 is 2.50 bits per heavy atom. The number of aliphatic hydroxyl groups excluding tert-OH is 1. The second-order valence-corrected chi connectivity index (χ2v) is 5.04. The predicted octanol–water partition coefficient (Wildman–Crippen LogP) is 2.37. The van der Waals surface area contributed by atoms with Crippen LogP contribution in [0.25, 0.3) is 0 Å². The Kier molecular flexibility index (Phi) is 6.68. The maximum atomic E-state index is 8.95. The molecule has 4 nitrogen and oxygen atoms in total. The van der Waals surface area contributed by atoms with Crippen LogP contribution in [0.2, 0.25) is 5.15 Å². The molecule has 0 spiro atoms. The molecular formula is C13H24ClN3O. The van der Waals surface area contributed by atoms with Crippen molar-refractivity contribution in [2.24, 2.45) is 7.05 Å². The normalized spacial score (nSPS) is 11.4. The van der Waals surface area contributed by atoms with E-state index in [-0.39, 0.29) is 6.61 Å². The molecule has 0 aliphatic heterocycles. The SMILES string of the molecule is CCCCN(CCCO)Cc1c(C)nn(C)c1Cl. The lowest BCUT2D eigenvalue weighted by Crippen LogP contribution is -2.26. The molecule has 0 bridgehead atoms. The van der Waals surface area contributed by atoms with Crippen LogP contribution in [0.15, 0.2) is 0 Å². The van der Waals surface area contributed by atoms with Crippen molar-refractivity contribution in [2.45, 2.75) is 39.7 Å². The molecule has 1 heterocycles. The van der Waals surface area contributed by atoms with E-state index in [2.05, 4.69) is 16.9 Å². The van der Waals surface area contributed by atoms with Crippen molar-refractivity contribution in [3.63, 3.8) is 0 Å². The summed E-state index contributed by atoms with van der Waals surface area (Å²) in [6.07, 6.45) is 3.15. The minimum atomic E-state index is 0.238. The summed E-state index contributed by atoms with van der Waals surface area (Å²) in [5.41, 5.74) is 2.10. The van der Waals surface area contributed by atoms with Gasteiger partial charge < -0.3 is 5.11 Å². The number of hydrogen-bond acceptors (Lipinski definition) is 3. The molecule has 0 fully saturated rings. The Morgan fingerprint density at radius 2 is 2.00 bits per heavy atom. The quantitative estimate of drug-likeness (QED) is 0.791. The van der Waals surface area contributed by atoms with Gasteiger partial charge in [0.15, 0.2) is 0 Å². The standard InChI is InChI=1S/C13H24ClN3O/c1-4-5-7-17(8-6-9-18)10-12-11(2)15-16(3)13(12)14/h18H,4-10H2,1-3H3. The first-order chi connectivity index (χ1) is 8.60. The van der Waals surface area contributed by atoms with Gasteiger partial charge in [-0.25, -0.2) is 0 Å².